The van der Waals surface area contributed by atoms with Gasteiger partial charge in [-0.05, 0) is 61.4 Å². The molecular formula is C18H27F2N. The topological polar surface area (TPSA) is 12.0 Å². The average molecular weight is 295 g/mol. The van der Waals surface area contributed by atoms with Crippen molar-refractivity contribution < 1.29 is 8.78 Å². The highest BCUT2D eigenvalue weighted by molar-refractivity contribution is 5.23. The molecule has 3 heteroatoms. The van der Waals surface area contributed by atoms with Gasteiger partial charge in [-0.3, -0.25) is 0 Å². The van der Waals surface area contributed by atoms with E-state index >= 15 is 0 Å². The number of rotatable bonds is 6. The van der Waals surface area contributed by atoms with Gasteiger partial charge in [0.05, 0.1) is 0 Å². The first kappa shape index (κ1) is 16.4. The van der Waals surface area contributed by atoms with E-state index in [-0.39, 0.29) is 0 Å². The van der Waals surface area contributed by atoms with Crippen LogP contribution in [0.1, 0.15) is 57.4 Å². The van der Waals surface area contributed by atoms with E-state index in [2.05, 4.69) is 19.2 Å². The Kier molecular flexibility index (Phi) is 6.16. The van der Waals surface area contributed by atoms with E-state index in [1.807, 2.05) is 0 Å². The molecule has 0 aromatic heterocycles. The Morgan fingerprint density at radius 1 is 1.14 bits per heavy atom. The lowest BCUT2D eigenvalue weighted by atomic mass is 9.70. The van der Waals surface area contributed by atoms with Gasteiger partial charge in [-0.2, -0.15) is 0 Å². The zero-order valence-corrected chi connectivity index (χ0v) is 13.2. The molecule has 2 rings (SSSR count). The Bertz CT molecular complexity index is 447. The van der Waals surface area contributed by atoms with Crippen molar-refractivity contribution in [3.8, 4) is 0 Å². The van der Waals surface area contributed by atoms with Crippen LogP contribution in [-0.4, -0.2) is 13.1 Å². The monoisotopic (exact) mass is 295 g/mol. The van der Waals surface area contributed by atoms with Crippen LogP contribution in [0.5, 0.6) is 0 Å². The zero-order chi connectivity index (χ0) is 15.2. The van der Waals surface area contributed by atoms with Gasteiger partial charge in [0.1, 0.15) is 0 Å². The van der Waals surface area contributed by atoms with E-state index in [1.165, 1.54) is 37.8 Å². The molecule has 1 aliphatic rings. The van der Waals surface area contributed by atoms with E-state index < -0.39 is 11.6 Å². The maximum Gasteiger partial charge on any atom is 0.159 e. The average Bonchev–Trinajstić information content (AvgIpc) is 2.49. The maximum atomic E-state index is 13.6. The van der Waals surface area contributed by atoms with Gasteiger partial charge in [0.2, 0.25) is 0 Å². The quantitative estimate of drug-likeness (QED) is 0.789. The predicted molar refractivity (Wildman–Crippen MR) is 83.4 cm³/mol. The summed E-state index contributed by atoms with van der Waals surface area (Å²) in [6.07, 6.45) is 6.00. The predicted octanol–water partition coefficient (Wildman–Crippen LogP) is 4.87. The largest absolute Gasteiger partial charge is 0.317 e. The second-order valence-electron chi connectivity index (χ2n) is 6.32. The summed E-state index contributed by atoms with van der Waals surface area (Å²) in [6, 6.07) is 4.46. The van der Waals surface area contributed by atoms with Crippen LogP contribution in [0.15, 0.2) is 18.2 Å². The van der Waals surface area contributed by atoms with Gasteiger partial charge >= 0.3 is 0 Å². The Morgan fingerprint density at radius 3 is 2.62 bits per heavy atom. The van der Waals surface area contributed by atoms with E-state index in [4.69, 9.17) is 0 Å². The third-order valence-electron chi connectivity index (χ3n) is 4.83. The fraction of sp³-hybridized carbons (Fsp3) is 0.667. The first-order valence-electron chi connectivity index (χ1n) is 8.31. The van der Waals surface area contributed by atoms with Crippen molar-refractivity contribution in [1.29, 1.82) is 0 Å². The van der Waals surface area contributed by atoms with E-state index in [9.17, 15) is 8.78 Å². The SMILES string of the molecule is CCCC1CCC(CNCC)C(c2ccc(F)c(F)c2)C1. The van der Waals surface area contributed by atoms with Crippen LogP contribution < -0.4 is 5.32 Å². The molecular weight excluding hydrogens is 268 g/mol. The molecule has 1 nitrogen and oxygen atoms in total. The lowest BCUT2D eigenvalue weighted by Crippen LogP contribution is -2.32. The van der Waals surface area contributed by atoms with Crippen LogP contribution in [0.2, 0.25) is 0 Å². The van der Waals surface area contributed by atoms with Crippen LogP contribution in [0, 0.1) is 23.5 Å². The van der Waals surface area contributed by atoms with Crippen molar-refractivity contribution >= 4 is 0 Å². The minimum absolute atomic E-state index is 0.351. The van der Waals surface area contributed by atoms with Gasteiger partial charge in [-0.15, -0.1) is 0 Å². The molecule has 1 aromatic rings. The first-order valence-corrected chi connectivity index (χ1v) is 8.31. The molecule has 0 saturated heterocycles. The van der Waals surface area contributed by atoms with Crippen LogP contribution in [0.25, 0.3) is 0 Å². The molecule has 0 radical (unpaired) electrons. The van der Waals surface area contributed by atoms with Crippen molar-refractivity contribution in [2.24, 2.45) is 11.8 Å². The van der Waals surface area contributed by atoms with Gasteiger partial charge in [0.15, 0.2) is 11.6 Å². The highest BCUT2D eigenvalue weighted by Gasteiger charge is 2.31. The van der Waals surface area contributed by atoms with Crippen LogP contribution in [-0.2, 0) is 0 Å². The second-order valence-corrected chi connectivity index (χ2v) is 6.32. The van der Waals surface area contributed by atoms with Crippen molar-refractivity contribution in [2.45, 2.75) is 51.9 Å². The van der Waals surface area contributed by atoms with E-state index in [1.54, 1.807) is 6.07 Å². The Hall–Kier alpha value is -0.960. The number of nitrogens with one attached hydrogen (secondary N) is 1. The summed E-state index contributed by atoms with van der Waals surface area (Å²) >= 11 is 0. The molecule has 0 spiro atoms. The van der Waals surface area contributed by atoms with Gasteiger partial charge in [0.25, 0.3) is 0 Å². The standard InChI is InChI=1S/C18H27F2N/c1-3-5-13-6-7-15(12-21-4-2)16(10-13)14-8-9-17(19)18(20)11-14/h8-9,11,13,15-16,21H,3-7,10,12H2,1-2H3. The van der Waals surface area contributed by atoms with Gasteiger partial charge < -0.3 is 5.32 Å². The summed E-state index contributed by atoms with van der Waals surface area (Å²) in [5.74, 6) is 0.147. The third kappa shape index (κ3) is 4.26. The fourth-order valence-corrected chi connectivity index (χ4v) is 3.72. The molecule has 1 fully saturated rings. The first-order chi connectivity index (χ1) is 10.2. The molecule has 1 aromatic carbocycles. The van der Waals surface area contributed by atoms with E-state index in [0.717, 1.165) is 31.0 Å². The molecule has 21 heavy (non-hydrogen) atoms. The highest BCUT2D eigenvalue weighted by Crippen LogP contribution is 2.42. The Balaban J connectivity index is 2.16. The zero-order valence-electron chi connectivity index (χ0n) is 13.2. The smallest absolute Gasteiger partial charge is 0.159 e. The number of benzene rings is 1. The molecule has 1 N–H and O–H groups in total. The maximum absolute atomic E-state index is 13.6. The van der Waals surface area contributed by atoms with Gasteiger partial charge in [0, 0.05) is 0 Å². The molecule has 0 bridgehead atoms. The molecule has 3 unspecified atom stereocenters. The highest BCUT2D eigenvalue weighted by atomic mass is 19.2. The van der Waals surface area contributed by atoms with Crippen molar-refractivity contribution in [2.75, 3.05) is 13.1 Å². The summed E-state index contributed by atoms with van der Waals surface area (Å²) in [7, 11) is 0. The van der Waals surface area contributed by atoms with Gasteiger partial charge in [-0.25, -0.2) is 8.78 Å². The summed E-state index contributed by atoms with van der Waals surface area (Å²) in [5, 5.41) is 3.42. The minimum Gasteiger partial charge on any atom is -0.317 e. The fourth-order valence-electron chi connectivity index (χ4n) is 3.72. The lowest BCUT2D eigenvalue weighted by molar-refractivity contribution is 0.220. The molecule has 0 heterocycles. The Labute approximate surface area is 127 Å². The number of hydrogen-bond acceptors (Lipinski definition) is 1. The summed E-state index contributed by atoms with van der Waals surface area (Å²) < 4.78 is 26.7. The van der Waals surface area contributed by atoms with Crippen molar-refractivity contribution in [3.05, 3.63) is 35.4 Å². The molecule has 1 saturated carbocycles. The summed E-state index contributed by atoms with van der Waals surface area (Å²) in [4.78, 5) is 0. The van der Waals surface area contributed by atoms with Crippen LogP contribution in [0.4, 0.5) is 8.78 Å². The normalized spacial score (nSPS) is 26.0. The molecule has 118 valence electrons. The van der Waals surface area contributed by atoms with Crippen molar-refractivity contribution in [1.82, 2.24) is 5.32 Å². The molecule has 0 aliphatic heterocycles. The Morgan fingerprint density at radius 2 is 1.95 bits per heavy atom. The summed E-state index contributed by atoms with van der Waals surface area (Å²) in [6.45, 7) is 6.25. The molecule has 0 amide bonds. The number of hydrogen-bond donors (Lipinski definition) is 1. The second kappa shape index (κ2) is 7.88. The van der Waals surface area contributed by atoms with Crippen molar-refractivity contribution in [3.63, 3.8) is 0 Å². The minimum atomic E-state index is -0.747. The molecule has 1 aliphatic carbocycles. The summed E-state index contributed by atoms with van der Waals surface area (Å²) in [5.41, 5.74) is 0.970. The third-order valence-corrected chi connectivity index (χ3v) is 4.83. The van der Waals surface area contributed by atoms with Gasteiger partial charge in [-0.1, -0.05) is 39.2 Å². The lowest BCUT2D eigenvalue weighted by Gasteiger charge is -2.37. The van der Waals surface area contributed by atoms with E-state index in [0.29, 0.717) is 11.8 Å². The van der Waals surface area contributed by atoms with Crippen LogP contribution >= 0.6 is 0 Å². The number of halogens is 2. The van der Waals surface area contributed by atoms with Crippen LogP contribution in [0.3, 0.4) is 0 Å². The molecule has 3 atom stereocenters.